The zero-order valence-corrected chi connectivity index (χ0v) is 20.6. The maximum atomic E-state index is 14.4. The zero-order valence-electron chi connectivity index (χ0n) is 20.6. The minimum Gasteiger partial charge on any atom is -0.351 e. The number of aromatic nitrogens is 3. The smallest absolute Gasteiger partial charge is 0.273 e. The van der Waals surface area contributed by atoms with Crippen LogP contribution in [0.25, 0.3) is 16.6 Å². The van der Waals surface area contributed by atoms with Gasteiger partial charge in [-0.15, -0.1) is 0 Å². The molecule has 0 saturated heterocycles. The van der Waals surface area contributed by atoms with Gasteiger partial charge in [0.15, 0.2) is 0 Å². The van der Waals surface area contributed by atoms with E-state index in [1.165, 1.54) is 6.42 Å². The molecule has 2 amide bonds. The second-order valence-electron chi connectivity index (χ2n) is 10.2. The Hall–Kier alpha value is -3.87. The zero-order chi connectivity index (χ0) is 24.7. The minimum atomic E-state index is -1.05. The molecule has 2 aliphatic rings. The van der Waals surface area contributed by atoms with E-state index >= 15 is 0 Å². The van der Waals surface area contributed by atoms with Gasteiger partial charge in [-0.3, -0.25) is 14.6 Å². The number of hydrogen-bond acceptors (Lipinski definition) is 3. The number of nitrogens with one attached hydrogen (secondary N) is 1. The van der Waals surface area contributed by atoms with Crippen molar-refractivity contribution in [1.29, 1.82) is 0 Å². The molecule has 184 valence electrons. The summed E-state index contributed by atoms with van der Waals surface area (Å²) in [5, 5.41) is 4.31. The monoisotopic (exact) mass is 481 g/mol. The summed E-state index contributed by atoms with van der Waals surface area (Å²) >= 11 is 0. The van der Waals surface area contributed by atoms with Crippen LogP contribution in [0.15, 0.2) is 73.3 Å². The maximum Gasteiger partial charge on any atom is 0.273 e. The quantitative estimate of drug-likeness (QED) is 0.450. The summed E-state index contributed by atoms with van der Waals surface area (Å²) in [4.78, 5) is 34.4. The lowest BCUT2D eigenvalue weighted by Crippen LogP contribution is -2.64. The summed E-state index contributed by atoms with van der Waals surface area (Å²) in [7, 11) is 0. The van der Waals surface area contributed by atoms with Gasteiger partial charge < -0.3 is 19.4 Å². The van der Waals surface area contributed by atoms with Crippen molar-refractivity contribution in [2.75, 3.05) is 0 Å². The van der Waals surface area contributed by atoms with E-state index < -0.39 is 5.54 Å². The lowest BCUT2D eigenvalue weighted by atomic mass is 9.91. The van der Waals surface area contributed by atoms with Crippen LogP contribution in [0.3, 0.4) is 0 Å². The molecule has 3 aromatic heterocycles. The molecule has 0 unspecified atom stereocenters. The highest BCUT2D eigenvalue weighted by Crippen LogP contribution is 2.38. The summed E-state index contributed by atoms with van der Waals surface area (Å²) in [6, 6.07) is 16.0. The number of carbonyl (C=O) groups excluding carboxylic acids is 2. The predicted octanol–water partition coefficient (Wildman–Crippen LogP) is 4.69. The number of carbonyl (C=O) groups is 2. The van der Waals surface area contributed by atoms with Gasteiger partial charge in [-0.1, -0.05) is 43.5 Å². The number of fused-ring (bicyclic) bond motifs is 3. The molecule has 7 nitrogen and oxygen atoms in total. The van der Waals surface area contributed by atoms with Crippen LogP contribution in [0.4, 0.5) is 0 Å². The molecule has 6 rings (SSSR count). The fourth-order valence-electron chi connectivity index (χ4n) is 5.86. The van der Waals surface area contributed by atoms with Crippen LogP contribution in [0.1, 0.15) is 55.1 Å². The van der Waals surface area contributed by atoms with E-state index in [1.807, 2.05) is 77.0 Å². The standard InChI is InChI=1S/C29H31N5O2/c1-29(28(36)31-22-11-3-2-4-12-22)20-33-24-14-6-5-13-23(24)25(32-16-7-8-17-32)26(33)27(35)34(29)19-21-10-9-15-30-18-21/h5-10,13-18,22H,2-4,11-12,19-20H2,1H3,(H,31,36)/t29-/m0/s1. The fraction of sp³-hybridized carbons (Fsp3) is 0.345. The van der Waals surface area contributed by atoms with Crippen LogP contribution in [0.5, 0.6) is 0 Å². The van der Waals surface area contributed by atoms with E-state index in [0.29, 0.717) is 18.8 Å². The first-order chi connectivity index (χ1) is 17.6. The van der Waals surface area contributed by atoms with Crippen LogP contribution in [0.2, 0.25) is 0 Å². The van der Waals surface area contributed by atoms with Crippen LogP contribution in [-0.2, 0) is 17.9 Å². The highest BCUT2D eigenvalue weighted by atomic mass is 16.2. The fourth-order valence-corrected chi connectivity index (χ4v) is 5.86. The van der Waals surface area contributed by atoms with Crippen molar-refractivity contribution in [3.8, 4) is 5.69 Å². The van der Waals surface area contributed by atoms with Crippen LogP contribution in [0, 0.1) is 0 Å². The average Bonchev–Trinajstić information content (AvgIpc) is 3.54. The molecule has 1 aliphatic carbocycles. The number of nitrogens with zero attached hydrogens (tertiary/aromatic N) is 4. The van der Waals surface area contributed by atoms with Gasteiger partial charge in [-0.05, 0) is 49.6 Å². The Morgan fingerprint density at radius 2 is 1.83 bits per heavy atom. The van der Waals surface area contributed by atoms with Crippen LogP contribution < -0.4 is 5.32 Å². The third-order valence-corrected chi connectivity index (χ3v) is 7.81. The Morgan fingerprint density at radius 3 is 2.58 bits per heavy atom. The average molecular weight is 482 g/mol. The van der Waals surface area contributed by atoms with Gasteiger partial charge in [0.05, 0.1) is 17.7 Å². The number of amides is 2. The maximum absolute atomic E-state index is 14.4. The summed E-state index contributed by atoms with van der Waals surface area (Å²) in [5.41, 5.74) is 2.27. The van der Waals surface area contributed by atoms with Crippen molar-refractivity contribution >= 4 is 22.7 Å². The van der Waals surface area contributed by atoms with Crippen molar-refractivity contribution in [2.45, 2.75) is 63.7 Å². The molecular weight excluding hydrogens is 450 g/mol. The molecular formula is C29H31N5O2. The predicted molar refractivity (Wildman–Crippen MR) is 139 cm³/mol. The van der Waals surface area contributed by atoms with Crippen molar-refractivity contribution in [3.05, 3.63) is 84.6 Å². The molecule has 1 aliphatic heterocycles. The van der Waals surface area contributed by atoms with E-state index in [0.717, 1.165) is 47.8 Å². The third-order valence-electron chi connectivity index (χ3n) is 7.81. The molecule has 1 saturated carbocycles. The molecule has 1 atom stereocenters. The van der Waals surface area contributed by atoms with Crippen molar-refractivity contribution < 1.29 is 9.59 Å². The van der Waals surface area contributed by atoms with E-state index in [-0.39, 0.29) is 17.9 Å². The molecule has 1 fully saturated rings. The Labute approximate surface area is 210 Å². The number of hydrogen-bond donors (Lipinski definition) is 1. The first-order valence-electron chi connectivity index (χ1n) is 12.8. The molecule has 1 N–H and O–H groups in total. The largest absolute Gasteiger partial charge is 0.351 e. The van der Waals surface area contributed by atoms with Crippen LogP contribution >= 0.6 is 0 Å². The summed E-state index contributed by atoms with van der Waals surface area (Å²) in [5.74, 6) is -0.233. The molecule has 36 heavy (non-hydrogen) atoms. The number of pyridine rings is 1. The lowest BCUT2D eigenvalue weighted by molar-refractivity contribution is -0.134. The molecule has 0 bridgehead atoms. The Balaban J connectivity index is 1.49. The molecule has 1 aromatic carbocycles. The van der Waals surface area contributed by atoms with E-state index in [1.54, 1.807) is 17.3 Å². The molecule has 0 spiro atoms. The van der Waals surface area contributed by atoms with Crippen LogP contribution in [-0.4, -0.2) is 42.4 Å². The van der Waals surface area contributed by atoms with Gasteiger partial charge in [-0.25, -0.2) is 0 Å². The van der Waals surface area contributed by atoms with Gasteiger partial charge in [0, 0.05) is 42.8 Å². The Bertz CT molecular complexity index is 1400. The number of para-hydroxylation sites is 1. The molecule has 0 radical (unpaired) electrons. The van der Waals surface area contributed by atoms with Gasteiger partial charge in [0.25, 0.3) is 5.91 Å². The topological polar surface area (TPSA) is 72.2 Å². The molecule has 7 heteroatoms. The van der Waals surface area contributed by atoms with Gasteiger partial charge in [0.2, 0.25) is 5.91 Å². The van der Waals surface area contributed by atoms with Gasteiger partial charge >= 0.3 is 0 Å². The minimum absolute atomic E-state index is 0.0856. The van der Waals surface area contributed by atoms with Gasteiger partial charge in [0.1, 0.15) is 11.2 Å². The highest BCUT2D eigenvalue weighted by molar-refractivity contribution is 6.08. The first kappa shape index (κ1) is 22.6. The first-order valence-corrected chi connectivity index (χ1v) is 12.8. The van der Waals surface area contributed by atoms with Crippen molar-refractivity contribution in [1.82, 2.24) is 24.3 Å². The third kappa shape index (κ3) is 3.70. The van der Waals surface area contributed by atoms with E-state index in [4.69, 9.17) is 0 Å². The van der Waals surface area contributed by atoms with Gasteiger partial charge in [-0.2, -0.15) is 0 Å². The Kier molecular flexibility index (Phi) is 5.63. The Morgan fingerprint density at radius 1 is 1.06 bits per heavy atom. The lowest BCUT2D eigenvalue weighted by Gasteiger charge is -2.45. The molecule has 4 aromatic rings. The second-order valence-corrected chi connectivity index (χ2v) is 10.2. The summed E-state index contributed by atoms with van der Waals surface area (Å²) in [6.45, 7) is 2.61. The second kappa shape index (κ2) is 8.97. The SMILES string of the molecule is C[C@@]1(C(=O)NC2CCCCC2)Cn2c(c(-n3cccc3)c3ccccc32)C(=O)N1Cc1cccnc1. The summed E-state index contributed by atoms with van der Waals surface area (Å²) < 4.78 is 4.05. The number of rotatable bonds is 5. The van der Waals surface area contributed by atoms with E-state index in [9.17, 15) is 9.59 Å². The van der Waals surface area contributed by atoms with E-state index in [2.05, 4.69) is 10.3 Å². The normalized spacial score (nSPS) is 20.5. The molecule has 4 heterocycles. The number of benzene rings is 1. The summed E-state index contributed by atoms with van der Waals surface area (Å²) in [6.07, 6.45) is 12.9. The highest BCUT2D eigenvalue weighted by Gasteiger charge is 2.49. The van der Waals surface area contributed by atoms with Crippen molar-refractivity contribution in [3.63, 3.8) is 0 Å². The van der Waals surface area contributed by atoms with Crippen molar-refractivity contribution in [2.24, 2.45) is 0 Å².